The van der Waals surface area contributed by atoms with Crippen molar-refractivity contribution in [3.05, 3.63) is 107 Å². The van der Waals surface area contributed by atoms with Crippen LogP contribution in [0.3, 0.4) is 0 Å². The second-order valence-electron chi connectivity index (χ2n) is 15.3. The first-order chi connectivity index (χ1) is 27.6. The second-order valence-corrected chi connectivity index (χ2v) is 15.3. The van der Waals surface area contributed by atoms with Gasteiger partial charge in [-0.1, -0.05) is 19.6 Å². The minimum atomic E-state index is -0.983. The molecule has 0 bridgehead atoms. The van der Waals surface area contributed by atoms with Crippen molar-refractivity contribution >= 4 is 35.0 Å². The van der Waals surface area contributed by atoms with Crippen LogP contribution in [0.4, 0.5) is 11.4 Å². The SMILES string of the molecule is C.Cc1cc(N2CC(=O)N(CCCO)C(C)(C)C2=O)ccc1C#N.Cc1cc(N2CC(=O)N(CCCOc3ccc(-c4ccncc4)cc3)C(C)(C)C2=O)ccc1C#N. The Hall–Kier alpha value is -6.57. The van der Waals surface area contributed by atoms with Crippen molar-refractivity contribution in [2.75, 3.05) is 49.2 Å². The quantitative estimate of drug-likeness (QED) is 0.174. The van der Waals surface area contributed by atoms with Gasteiger partial charge in [0.2, 0.25) is 11.8 Å². The molecule has 0 spiro atoms. The van der Waals surface area contributed by atoms with Crippen molar-refractivity contribution in [2.45, 2.75) is 72.9 Å². The summed E-state index contributed by atoms with van der Waals surface area (Å²) in [7, 11) is 0. The minimum Gasteiger partial charge on any atom is -0.494 e. The predicted molar refractivity (Wildman–Crippen MR) is 226 cm³/mol. The van der Waals surface area contributed by atoms with Gasteiger partial charge in [0.1, 0.15) is 29.9 Å². The maximum absolute atomic E-state index is 13.3. The number of nitrogens with zero attached hydrogens (tertiary/aromatic N) is 7. The number of aryl methyl sites for hydroxylation is 2. The van der Waals surface area contributed by atoms with Crippen molar-refractivity contribution in [3.63, 3.8) is 0 Å². The minimum absolute atomic E-state index is 0. The number of aromatic nitrogens is 1. The number of aliphatic hydroxyl groups excluding tert-OH is 1. The van der Waals surface area contributed by atoms with Crippen molar-refractivity contribution in [3.8, 4) is 29.0 Å². The topological polar surface area (TPSA) is 171 Å². The van der Waals surface area contributed by atoms with E-state index in [0.717, 1.165) is 28.0 Å². The molecule has 0 radical (unpaired) electrons. The number of aliphatic hydroxyl groups is 1. The maximum atomic E-state index is 13.3. The number of hydrogen-bond donors (Lipinski definition) is 1. The van der Waals surface area contributed by atoms with Gasteiger partial charge in [-0.3, -0.25) is 24.2 Å². The highest BCUT2D eigenvalue weighted by atomic mass is 16.5. The summed E-state index contributed by atoms with van der Waals surface area (Å²) in [5.41, 5.74) is 4.12. The molecule has 0 unspecified atom stereocenters. The molecule has 59 heavy (non-hydrogen) atoms. The average molecular weight is 800 g/mol. The first-order valence-corrected chi connectivity index (χ1v) is 19.1. The molecule has 1 aromatic heterocycles. The Bertz CT molecular complexity index is 2240. The van der Waals surface area contributed by atoms with E-state index in [9.17, 15) is 19.2 Å². The number of rotatable bonds is 11. The molecule has 2 saturated heterocycles. The number of amides is 4. The lowest BCUT2D eigenvalue weighted by molar-refractivity contribution is -0.148. The standard InChI is InChI=1S/C28H28N4O3.C17H21N3O3.CH4/c1-20-17-24(8-5-23(20)18-29)31-19-26(33)32(28(2,3)27(31)34)15-4-16-35-25-9-6-21(7-10-25)22-11-13-30-14-12-22;1-12-9-14(6-5-13(12)10-18)19-11-15(22)20(7-4-8-21)17(2,3)16(19)23;/h5-14,17H,4,15-16,19H2,1-3H3;5-6,9,21H,4,7-8,11H2,1-3H3;1H4. The van der Waals surface area contributed by atoms with Gasteiger partial charge in [0.05, 0.1) is 29.9 Å². The van der Waals surface area contributed by atoms with Crippen LogP contribution in [0.5, 0.6) is 5.75 Å². The molecule has 2 aliphatic rings. The number of carbonyl (C=O) groups is 4. The average Bonchev–Trinajstić information content (AvgIpc) is 3.21. The van der Waals surface area contributed by atoms with Crippen LogP contribution >= 0.6 is 0 Å². The van der Waals surface area contributed by atoms with Crippen molar-refractivity contribution < 1.29 is 29.0 Å². The number of nitriles is 2. The highest BCUT2D eigenvalue weighted by Crippen LogP contribution is 2.31. The maximum Gasteiger partial charge on any atom is 0.252 e. The Labute approximate surface area is 347 Å². The van der Waals surface area contributed by atoms with Crippen LogP contribution in [-0.2, 0) is 19.2 Å². The van der Waals surface area contributed by atoms with Crippen molar-refractivity contribution in [1.29, 1.82) is 10.5 Å². The molecule has 13 heteroatoms. The van der Waals surface area contributed by atoms with E-state index in [4.69, 9.17) is 20.4 Å². The second kappa shape index (κ2) is 19.2. The third-order valence-corrected chi connectivity index (χ3v) is 10.6. The first-order valence-electron chi connectivity index (χ1n) is 19.1. The third-order valence-electron chi connectivity index (χ3n) is 10.6. The van der Waals surface area contributed by atoms with Gasteiger partial charge in [-0.2, -0.15) is 10.5 Å². The van der Waals surface area contributed by atoms with E-state index in [1.807, 2.05) is 43.3 Å². The lowest BCUT2D eigenvalue weighted by Gasteiger charge is -2.45. The molecule has 4 aromatic rings. The highest BCUT2D eigenvalue weighted by Gasteiger charge is 2.47. The van der Waals surface area contributed by atoms with Crippen LogP contribution in [0.25, 0.3) is 11.1 Å². The molecular weight excluding hydrogens is 747 g/mol. The van der Waals surface area contributed by atoms with Gasteiger partial charge in [0.15, 0.2) is 0 Å². The number of ether oxygens (including phenoxy) is 1. The molecule has 13 nitrogen and oxygen atoms in total. The van der Waals surface area contributed by atoms with Crippen LogP contribution in [0.15, 0.2) is 85.2 Å². The van der Waals surface area contributed by atoms with Crippen LogP contribution < -0.4 is 14.5 Å². The van der Waals surface area contributed by atoms with Gasteiger partial charge in [0.25, 0.3) is 11.8 Å². The first kappa shape index (κ1) is 45.1. The van der Waals surface area contributed by atoms with Gasteiger partial charge in [-0.15, -0.1) is 0 Å². The number of hydrogen-bond acceptors (Lipinski definition) is 9. The zero-order chi connectivity index (χ0) is 42.2. The molecule has 1 N–H and O–H groups in total. The number of anilines is 2. The number of piperazine rings is 2. The van der Waals surface area contributed by atoms with Crippen molar-refractivity contribution in [1.82, 2.24) is 14.8 Å². The summed E-state index contributed by atoms with van der Waals surface area (Å²) >= 11 is 0. The fourth-order valence-corrected chi connectivity index (χ4v) is 7.14. The summed E-state index contributed by atoms with van der Waals surface area (Å²) in [6, 6.07) is 26.3. The summed E-state index contributed by atoms with van der Waals surface area (Å²) in [5.74, 6) is 0.182. The Morgan fingerprint density at radius 3 is 1.54 bits per heavy atom. The normalized spacial score (nSPS) is 15.7. The molecule has 2 aliphatic heterocycles. The van der Waals surface area contributed by atoms with E-state index < -0.39 is 11.1 Å². The van der Waals surface area contributed by atoms with Crippen LogP contribution in [0, 0.1) is 36.5 Å². The highest BCUT2D eigenvalue weighted by molar-refractivity contribution is 6.09. The van der Waals surface area contributed by atoms with E-state index in [0.29, 0.717) is 55.0 Å². The van der Waals surface area contributed by atoms with E-state index in [1.54, 1.807) is 88.3 Å². The van der Waals surface area contributed by atoms with Gasteiger partial charge >= 0.3 is 0 Å². The molecule has 0 atom stereocenters. The lowest BCUT2D eigenvalue weighted by Crippen LogP contribution is -2.66. The Balaban J connectivity index is 0.000000279. The zero-order valence-corrected chi connectivity index (χ0v) is 33.9. The van der Waals surface area contributed by atoms with E-state index in [2.05, 4.69) is 17.1 Å². The molecule has 0 saturated carbocycles. The number of pyridine rings is 1. The third kappa shape index (κ3) is 9.94. The molecule has 2 fully saturated rings. The van der Waals surface area contributed by atoms with E-state index in [1.165, 1.54) is 14.7 Å². The molecule has 4 amide bonds. The lowest BCUT2D eigenvalue weighted by atomic mass is 9.95. The van der Waals surface area contributed by atoms with E-state index in [-0.39, 0.29) is 50.8 Å². The molecule has 3 aromatic carbocycles. The Morgan fingerprint density at radius 1 is 0.678 bits per heavy atom. The van der Waals surface area contributed by atoms with Crippen LogP contribution in [-0.4, -0.2) is 94.0 Å². The number of benzene rings is 3. The molecule has 0 aliphatic carbocycles. The Morgan fingerprint density at radius 2 is 1.12 bits per heavy atom. The Kier molecular flexibility index (Phi) is 14.7. The molecule has 3 heterocycles. The van der Waals surface area contributed by atoms with Crippen molar-refractivity contribution in [2.24, 2.45) is 0 Å². The summed E-state index contributed by atoms with van der Waals surface area (Å²) in [6.45, 7) is 11.7. The molecule has 308 valence electrons. The van der Waals surface area contributed by atoms with Crippen LogP contribution in [0.2, 0.25) is 0 Å². The van der Waals surface area contributed by atoms with Gasteiger partial charge in [-0.25, -0.2) is 0 Å². The smallest absolute Gasteiger partial charge is 0.252 e. The summed E-state index contributed by atoms with van der Waals surface area (Å²) in [6.07, 6.45) is 4.57. The fraction of sp³-hybridized carbons (Fsp3) is 0.370. The van der Waals surface area contributed by atoms with Gasteiger partial charge in [-0.05, 0) is 137 Å². The largest absolute Gasteiger partial charge is 0.494 e. The van der Waals surface area contributed by atoms with Gasteiger partial charge in [0, 0.05) is 43.5 Å². The summed E-state index contributed by atoms with van der Waals surface area (Å²) in [4.78, 5) is 61.8. The molecular formula is C46H53N7O6. The van der Waals surface area contributed by atoms with E-state index >= 15 is 0 Å². The monoisotopic (exact) mass is 799 g/mol. The summed E-state index contributed by atoms with van der Waals surface area (Å²) < 4.78 is 5.87. The van der Waals surface area contributed by atoms with Crippen LogP contribution in [0.1, 0.15) is 70.2 Å². The zero-order valence-electron chi connectivity index (χ0n) is 33.9. The number of carbonyl (C=O) groups excluding carboxylic acids is 4. The van der Waals surface area contributed by atoms with Gasteiger partial charge < -0.3 is 29.4 Å². The summed E-state index contributed by atoms with van der Waals surface area (Å²) in [5, 5.41) is 27.1. The fourth-order valence-electron chi connectivity index (χ4n) is 7.14. The predicted octanol–water partition coefficient (Wildman–Crippen LogP) is 6.19. The molecule has 6 rings (SSSR count).